The van der Waals surface area contributed by atoms with Crippen LogP contribution in [0.2, 0.25) is 0 Å². The summed E-state index contributed by atoms with van der Waals surface area (Å²) in [6.07, 6.45) is 0.507. The minimum Gasteiger partial charge on any atom is -0.507 e. The summed E-state index contributed by atoms with van der Waals surface area (Å²) in [4.78, 5) is 1.17. The number of phenols is 1. The molecule has 136 valence electrons. The zero-order valence-corrected chi connectivity index (χ0v) is 16.0. The zero-order valence-electron chi connectivity index (χ0n) is 15.2. The highest BCUT2D eigenvalue weighted by Crippen LogP contribution is 2.49. The maximum atomic E-state index is 10.4. The van der Waals surface area contributed by atoms with Gasteiger partial charge in [0.05, 0.1) is 16.6 Å². The second-order valence-corrected chi connectivity index (χ2v) is 8.09. The number of hydrogen-bond donors (Lipinski definition) is 1. The van der Waals surface area contributed by atoms with Crippen LogP contribution in [0.15, 0.2) is 59.0 Å². The van der Waals surface area contributed by atoms with Crippen LogP contribution in [-0.4, -0.2) is 15.8 Å². The number of nitrogens with zero attached hydrogens (tertiary/aromatic N) is 2. The Hall–Kier alpha value is -2.79. The number of phenolic OH excluding ortho intramolecular Hbond substituents is 1. The predicted octanol–water partition coefficient (Wildman–Crippen LogP) is 5.31. The fourth-order valence-corrected chi connectivity index (χ4v) is 4.83. The molecule has 1 aromatic heterocycles. The summed E-state index contributed by atoms with van der Waals surface area (Å²) in [7, 11) is 0. The number of benzene rings is 2. The molecule has 0 unspecified atom stereocenters. The fraction of sp³-hybridized carbons (Fsp3) is 0.227. The minimum atomic E-state index is -0.241. The molecule has 27 heavy (non-hydrogen) atoms. The number of fused-ring (bicyclic) bond motifs is 3. The van der Waals surface area contributed by atoms with Crippen LogP contribution in [0.1, 0.15) is 45.8 Å². The molecule has 3 heterocycles. The molecule has 0 bridgehead atoms. The van der Waals surface area contributed by atoms with Crippen molar-refractivity contribution in [2.45, 2.75) is 32.5 Å². The van der Waals surface area contributed by atoms with E-state index in [9.17, 15) is 5.11 Å². The van der Waals surface area contributed by atoms with Crippen LogP contribution in [0.25, 0.3) is 0 Å². The first-order valence-electron chi connectivity index (χ1n) is 9.07. The van der Waals surface area contributed by atoms with E-state index < -0.39 is 0 Å². The van der Waals surface area contributed by atoms with E-state index in [1.165, 1.54) is 10.4 Å². The van der Waals surface area contributed by atoms with Crippen LogP contribution in [0.4, 0.5) is 0 Å². The van der Waals surface area contributed by atoms with Gasteiger partial charge in [-0.25, -0.2) is 5.01 Å². The highest BCUT2D eigenvalue weighted by atomic mass is 32.1. The van der Waals surface area contributed by atoms with Crippen LogP contribution in [0.5, 0.6) is 11.5 Å². The molecule has 0 aliphatic carbocycles. The predicted molar refractivity (Wildman–Crippen MR) is 107 cm³/mol. The van der Waals surface area contributed by atoms with Gasteiger partial charge in [0.15, 0.2) is 0 Å². The zero-order chi connectivity index (χ0) is 18.5. The van der Waals surface area contributed by atoms with Gasteiger partial charge in [-0.05, 0) is 49.1 Å². The number of thiophene rings is 1. The number of para-hydroxylation sites is 1. The monoisotopic (exact) mass is 376 g/mol. The Kier molecular flexibility index (Phi) is 3.72. The van der Waals surface area contributed by atoms with Crippen molar-refractivity contribution < 1.29 is 9.84 Å². The van der Waals surface area contributed by atoms with Crippen molar-refractivity contribution in [2.75, 3.05) is 0 Å². The molecule has 4 nitrogen and oxygen atoms in total. The lowest BCUT2D eigenvalue weighted by Gasteiger charge is -2.37. The van der Waals surface area contributed by atoms with E-state index in [0.717, 1.165) is 34.6 Å². The number of aromatic hydroxyl groups is 1. The van der Waals surface area contributed by atoms with Gasteiger partial charge in [-0.15, -0.1) is 11.3 Å². The van der Waals surface area contributed by atoms with E-state index in [2.05, 4.69) is 29.4 Å². The molecule has 5 heteroatoms. The van der Waals surface area contributed by atoms with Crippen molar-refractivity contribution in [3.63, 3.8) is 0 Å². The summed E-state index contributed by atoms with van der Waals surface area (Å²) in [5.41, 5.74) is 5.18. The van der Waals surface area contributed by atoms with E-state index in [-0.39, 0.29) is 18.0 Å². The first kappa shape index (κ1) is 16.4. The Labute approximate surface area is 162 Å². The Morgan fingerprint density at radius 1 is 1.15 bits per heavy atom. The Balaban J connectivity index is 1.63. The van der Waals surface area contributed by atoms with Crippen molar-refractivity contribution in [3.05, 3.63) is 81.0 Å². The maximum Gasteiger partial charge on any atom is 0.223 e. The Morgan fingerprint density at radius 3 is 2.81 bits per heavy atom. The van der Waals surface area contributed by atoms with E-state index in [4.69, 9.17) is 9.84 Å². The lowest BCUT2D eigenvalue weighted by molar-refractivity contribution is -0.0169. The summed E-state index contributed by atoms with van der Waals surface area (Å²) in [5.74, 6) is 1.19. The van der Waals surface area contributed by atoms with E-state index in [0.29, 0.717) is 0 Å². The summed E-state index contributed by atoms with van der Waals surface area (Å²) in [6.45, 7) is 4.14. The average molecular weight is 376 g/mol. The number of ether oxygens (including phenoxy) is 1. The fourth-order valence-electron chi connectivity index (χ4n) is 3.89. The standard InChI is InChI=1S/C22H20N2O2S/c1-13-7-8-19(25)16(11-13)17-12-18-15-5-3-4-6-20(15)26-22(24(18)23-17)21-14(2)9-10-27-21/h3-11,18,22,25H,12H2,1-2H3/t18-,22-/m1/s1. The first-order valence-corrected chi connectivity index (χ1v) is 9.95. The SMILES string of the molecule is Cc1ccc(O)c(C2=NN3[C@H](C2)c2ccccc2O[C@@H]3c2sccc2C)c1. The van der Waals surface area contributed by atoms with Crippen molar-refractivity contribution in [1.82, 2.24) is 5.01 Å². The molecule has 0 amide bonds. The van der Waals surface area contributed by atoms with Gasteiger partial charge in [-0.2, -0.15) is 5.10 Å². The van der Waals surface area contributed by atoms with Crippen LogP contribution >= 0.6 is 11.3 Å². The van der Waals surface area contributed by atoms with Gasteiger partial charge < -0.3 is 9.84 Å². The Bertz CT molecular complexity index is 1060. The number of rotatable bonds is 2. The van der Waals surface area contributed by atoms with E-state index >= 15 is 0 Å². The molecule has 3 aromatic rings. The molecule has 0 saturated heterocycles. The molecule has 2 aliphatic rings. The topological polar surface area (TPSA) is 45.1 Å². The third-order valence-electron chi connectivity index (χ3n) is 5.29. The van der Waals surface area contributed by atoms with Crippen LogP contribution in [0, 0.1) is 13.8 Å². The summed E-state index contributed by atoms with van der Waals surface area (Å²) in [6, 6.07) is 16.1. The van der Waals surface area contributed by atoms with Gasteiger partial charge in [0.1, 0.15) is 11.5 Å². The van der Waals surface area contributed by atoms with E-state index in [1.807, 2.05) is 37.3 Å². The van der Waals surface area contributed by atoms with Gasteiger partial charge in [0, 0.05) is 17.5 Å². The third kappa shape index (κ3) is 2.61. The number of hydrogen-bond acceptors (Lipinski definition) is 5. The van der Waals surface area contributed by atoms with Gasteiger partial charge >= 0.3 is 0 Å². The van der Waals surface area contributed by atoms with Crippen LogP contribution < -0.4 is 4.74 Å². The average Bonchev–Trinajstić information content (AvgIpc) is 3.30. The first-order chi connectivity index (χ1) is 13.1. The summed E-state index contributed by atoms with van der Waals surface area (Å²) in [5, 5.41) is 19.5. The number of aryl methyl sites for hydroxylation is 2. The molecule has 0 radical (unpaired) electrons. The maximum absolute atomic E-state index is 10.4. The largest absolute Gasteiger partial charge is 0.507 e. The highest BCUT2D eigenvalue weighted by molar-refractivity contribution is 7.10. The molecule has 5 rings (SSSR count). The number of hydrazone groups is 1. The second kappa shape index (κ2) is 6.13. The van der Waals surface area contributed by atoms with Crippen molar-refractivity contribution >= 4 is 17.0 Å². The molecule has 0 fully saturated rings. The highest BCUT2D eigenvalue weighted by Gasteiger charge is 2.42. The lowest BCUT2D eigenvalue weighted by Crippen LogP contribution is -2.33. The second-order valence-electron chi connectivity index (χ2n) is 7.14. The molecule has 0 saturated carbocycles. The van der Waals surface area contributed by atoms with E-state index in [1.54, 1.807) is 17.4 Å². The third-order valence-corrected chi connectivity index (χ3v) is 6.34. The normalized spacial score (nSPS) is 20.7. The van der Waals surface area contributed by atoms with Crippen LogP contribution in [-0.2, 0) is 0 Å². The molecule has 2 aromatic carbocycles. The van der Waals surface area contributed by atoms with Crippen molar-refractivity contribution in [2.24, 2.45) is 5.10 Å². The molecule has 1 N–H and O–H groups in total. The van der Waals surface area contributed by atoms with Gasteiger partial charge in [-0.1, -0.05) is 29.8 Å². The molecule has 0 spiro atoms. The molecular weight excluding hydrogens is 356 g/mol. The van der Waals surface area contributed by atoms with Crippen molar-refractivity contribution in [3.8, 4) is 11.5 Å². The van der Waals surface area contributed by atoms with Crippen LogP contribution in [0.3, 0.4) is 0 Å². The molecular formula is C22H20N2O2S. The minimum absolute atomic E-state index is 0.108. The van der Waals surface area contributed by atoms with Crippen molar-refractivity contribution in [1.29, 1.82) is 0 Å². The molecule has 2 aliphatic heterocycles. The summed E-state index contributed by atoms with van der Waals surface area (Å²) >= 11 is 1.70. The van der Waals surface area contributed by atoms with Gasteiger partial charge in [0.2, 0.25) is 6.23 Å². The lowest BCUT2D eigenvalue weighted by atomic mass is 9.95. The van der Waals surface area contributed by atoms with Gasteiger partial charge in [0.25, 0.3) is 0 Å². The summed E-state index contributed by atoms with van der Waals surface area (Å²) < 4.78 is 6.38. The Morgan fingerprint density at radius 2 is 2.00 bits per heavy atom. The molecule has 2 atom stereocenters. The smallest absolute Gasteiger partial charge is 0.223 e. The quantitative estimate of drug-likeness (QED) is 0.659. The van der Waals surface area contributed by atoms with Gasteiger partial charge in [-0.3, -0.25) is 0 Å².